The second-order valence-corrected chi connectivity index (χ2v) is 12.0. The molecule has 4 aromatic rings. The molecule has 0 atom stereocenters. The van der Waals surface area contributed by atoms with Crippen molar-refractivity contribution in [3.63, 3.8) is 0 Å². The van der Waals surface area contributed by atoms with Crippen LogP contribution < -0.4 is 0 Å². The standard InChI is InChI=1S/C36H38O10/c1-17(2)43-33(39)21-9-11-25-23(13-21)15-27(35(41)45-19(5)6)31(37)29(25)30-26-12-10-22(34(40)44-18(3)4)14-24(26)16-28(32(30)38)36(42)46-20(7)8/h9-20,37-38H,1-8H3. The normalized spacial score (nSPS) is 11.5. The number of hydrogen-bond donors (Lipinski definition) is 2. The van der Waals surface area contributed by atoms with Crippen LogP contribution in [0.25, 0.3) is 32.7 Å². The second kappa shape index (κ2) is 13.5. The van der Waals surface area contributed by atoms with Crippen LogP contribution in [0.2, 0.25) is 0 Å². The summed E-state index contributed by atoms with van der Waals surface area (Å²) in [4.78, 5) is 52.1. The summed E-state index contributed by atoms with van der Waals surface area (Å²) in [5.41, 5.74) is -0.0847. The van der Waals surface area contributed by atoms with Gasteiger partial charge < -0.3 is 29.2 Å². The van der Waals surface area contributed by atoms with Crippen molar-refractivity contribution in [3.05, 3.63) is 70.8 Å². The third kappa shape index (κ3) is 7.06. The number of esters is 4. The Bertz CT molecular complexity index is 1710. The highest BCUT2D eigenvalue weighted by molar-refractivity contribution is 6.16. The van der Waals surface area contributed by atoms with Gasteiger partial charge in [0, 0.05) is 11.1 Å². The molecule has 0 saturated carbocycles. The Hall–Kier alpha value is -5.12. The van der Waals surface area contributed by atoms with E-state index in [9.17, 15) is 29.4 Å². The number of aromatic hydroxyl groups is 2. The van der Waals surface area contributed by atoms with Crippen molar-refractivity contribution in [2.45, 2.75) is 79.8 Å². The molecule has 4 rings (SSSR count). The van der Waals surface area contributed by atoms with Crippen molar-refractivity contribution >= 4 is 45.4 Å². The first-order valence-electron chi connectivity index (χ1n) is 15.0. The molecule has 0 amide bonds. The lowest BCUT2D eigenvalue weighted by atomic mass is 9.88. The van der Waals surface area contributed by atoms with Gasteiger partial charge in [-0.25, -0.2) is 19.2 Å². The van der Waals surface area contributed by atoms with E-state index in [1.807, 2.05) is 0 Å². The maximum Gasteiger partial charge on any atom is 0.342 e. The number of phenolic OH excluding ortho intramolecular Hbond substituents is 2. The lowest BCUT2D eigenvalue weighted by Gasteiger charge is -2.20. The molecule has 10 nitrogen and oxygen atoms in total. The highest BCUT2D eigenvalue weighted by Gasteiger charge is 2.28. The number of carbonyl (C=O) groups is 4. The van der Waals surface area contributed by atoms with E-state index in [2.05, 4.69) is 0 Å². The maximum atomic E-state index is 13.3. The average molecular weight is 631 g/mol. The van der Waals surface area contributed by atoms with Gasteiger partial charge in [0.05, 0.1) is 35.5 Å². The number of benzene rings is 4. The van der Waals surface area contributed by atoms with Crippen LogP contribution in [0.5, 0.6) is 11.5 Å². The fraction of sp³-hybridized carbons (Fsp3) is 0.333. The molecule has 242 valence electrons. The summed E-state index contributed by atoms with van der Waals surface area (Å²) in [6.07, 6.45) is -1.81. The van der Waals surface area contributed by atoms with Crippen LogP contribution in [0.15, 0.2) is 48.5 Å². The largest absolute Gasteiger partial charge is 0.506 e. The zero-order valence-corrected chi connectivity index (χ0v) is 27.1. The highest BCUT2D eigenvalue weighted by atomic mass is 16.6. The van der Waals surface area contributed by atoms with Crippen LogP contribution in [-0.4, -0.2) is 58.5 Å². The molecular formula is C36H38O10. The van der Waals surface area contributed by atoms with Gasteiger partial charge in [0.25, 0.3) is 0 Å². The van der Waals surface area contributed by atoms with Crippen molar-refractivity contribution in [2.75, 3.05) is 0 Å². The summed E-state index contributed by atoms with van der Waals surface area (Å²) >= 11 is 0. The third-order valence-corrected chi connectivity index (χ3v) is 6.76. The van der Waals surface area contributed by atoms with Gasteiger partial charge >= 0.3 is 23.9 Å². The SMILES string of the molecule is CC(C)OC(=O)c1ccc2c(-c3c(O)c(C(=O)OC(C)C)cc4cc(C(=O)OC(C)C)ccc34)c(O)c(C(=O)OC(C)C)cc2c1. The molecule has 0 saturated heterocycles. The second-order valence-electron chi connectivity index (χ2n) is 12.0. The molecular weight excluding hydrogens is 592 g/mol. The topological polar surface area (TPSA) is 146 Å². The molecule has 0 aliphatic heterocycles. The van der Waals surface area contributed by atoms with E-state index in [1.165, 1.54) is 36.4 Å². The molecule has 0 aromatic heterocycles. The maximum absolute atomic E-state index is 13.3. The van der Waals surface area contributed by atoms with Crippen LogP contribution in [-0.2, 0) is 18.9 Å². The van der Waals surface area contributed by atoms with Crippen LogP contribution in [0, 0.1) is 0 Å². The van der Waals surface area contributed by atoms with Crippen molar-refractivity contribution in [2.24, 2.45) is 0 Å². The van der Waals surface area contributed by atoms with Gasteiger partial charge in [0.2, 0.25) is 0 Å². The van der Waals surface area contributed by atoms with Gasteiger partial charge in [-0.05, 0) is 113 Å². The van der Waals surface area contributed by atoms with E-state index >= 15 is 0 Å². The molecule has 0 heterocycles. The monoisotopic (exact) mass is 630 g/mol. The number of carbonyl (C=O) groups excluding carboxylic acids is 4. The van der Waals surface area contributed by atoms with Gasteiger partial charge in [-0.15, -0.1) is 0 Å². The minimum Gasteiger partial charge on any atom is -0.506 e. The molecule has 2 N–H and O–H groups in total. The van der Waals surface area contributed by atoms with Crippen LogP contribution in [0.4, 0.5) is 0 Å². The summed E-state index contributed by atoms with van der Waals surface area (Å²) in [5.74, 6) is -3.92. The highest BCUT2D eigenvalue weighted by Crippen LogP contribution is 2.48. The summed E-state index contributed by atoms with van der Waals surface area (Å²) in [7, 11) is 0. The quantitative estimate of drug-likeness (QED) is 0.142. The Morgan fingerprint density at radius 2 is 0.783 bits per heavy atom. The molecule has 10 heteroatoms. The molecule has 0 aliphatic rings. The minimum atomic E-state index is -0.844. The molecule has 0 bridgehead atoms. The Morgan fingerprint density at radius 1 is 0.478 bits per heavy atom. The molecule has 0 aliphatic carbocycles. The average Bonchev–Trinajstić information content (AvgIpc) is 2.95. The van der Waals surface area contributed by atoms with E-state index in [4.69, 9.17) is 18.9 Å². The van der Waals surface area contributed by atoms with Gasteiger partial charge in [-0.2, -0.15) is 0 Å². The number of phenols is 2. The molecule has 4 aromatic carbocycles. The number of ether oxygens (including phenoxy) is 4. The van der Waals surface area contributed by atoms with E-state index < -0.39 is 47.6 Å². The Kier molecular flexibility index (Phi) is 9.89. The number of rotatable bonds is 9. The molecule has 0 fully saturated rings. The molecule has 0 spiro atoms. The Balaban J connectivity index is 2.13. The minimum absolute atomic E-state index is 0.00353. The van der Waals surface area contributed by atoms with E-state index in [0.717, 1.165) is 0 Å². The third-order valence-electron chi connectivity index (χ3n) is 6.76. The molecule has 0 radical (unpaired) electrons. The summed E-state index contributed by atoms with van der Waals surface area (Å²) < 4.78 is 21.5. The molecule has 0 unspecified atom stereocenters. The molecule has 46 heavy (non-hydrogen) atoms. The van der Waals surface area contributed by atoms with Crippen LogP contribution in [0.3, 0.4) is 0 Å². The predicted octanol–water partition coefficient (Wildman–Crippen LogP) is 7.33. The van der Waals surface area contributed by atoms with Crippen molar-refractivity contribution < 1.29 is 48.3 Å². The first-order chi connectivity index (χ1) is 21.6. The van der Waals surface area contributed by atoms with E-state index in [0.29, 0.717) is 21.5 Å². The zero-order chi connectivity index (χ0) is 34.0. The summed E-state index contributed by atoms with van der Waals surface area (Å²) in [6.45, 7) is 13.5. The number of fused-ring (bicyclic) bond motifs is 2. The predicted molar refractivity (Wildman–Crippen MR) is 172 cm³/mol. The summed E-state index contributed by atoms with van der Waals surface area (Å²) in [6, 6.07) is 11.9. The van der Waals surface area contributed by atoms with Crippen molar-refractivity contribution in [3.8, 4) is 22.6 Å². The van der Waals surface area contributed by atoms with Crippen LogP contribution >= 0.6 is 0 Å². The van der Waals surface area contributed by atoms with Crippen molar-refractivity contribution in [1.29, 1.82) is 0 Å². The van der Waals surface area contributed by atoms with Gasteiger partial charge in [-0.3, -0.25) is 0 Å². The van der Waals surface area contributed by atoms with Gasteiger partial charge in [0.15, 0.2) is 0 Å². The fourth-order valence-corrected chi connectivity index (χ4v) is 4.98. The van der Waals surface area contributed by atoms with Crippen LogP contribution in [0.1, 0.15) is 96.8 Å². The van der Waals surface area contributed by atoms with Gasteiger partial charge in [0.1, 0.15) is 22.6 Å². The number of hydrogen-bond acceptors (Lipinski definition) is 10. The van der Waals surface area contributed by atoms with E-state index in [-0.39, 0.29) is 45.6 Å². The lowest BCUT2D eigenvalue weighted by Crippen LogP contribution is -2.14. The Labute approximate surface area is 266 Å². The first kappa shape index (κ1) is 33.8. The van der Waals surface area contributed by atoms with E-state index in [1.54, 1.807) is 67.5 Å². The van der Waals surface area contributed by atoms with Crippen molar-refractivity contribution in [1.82, 2.24) is 0 Å². The first-order valence-corrected chi connectivity index (χ1v) is 15.0. The lowest BCUT2D eigenvalue weighted by molar-refractivity contribution is 0.0363. The van der Waals surface area contributed by atoms with Gasteiger partial charge in [-0.1, -0.05) is 12.1 Å². The fourth-order valence-electron chi connectivity index (χ4n) is 4.98. The Morgan fingerprint density at radius 3 is 1.09 bits per heavy atom. The zero-order valence-electron chi connectivity index (χ0n) is 27.1. The summed E-state index contributed by atoms with van der Waals surface area (Å²) in [5, 5.41) is 24.8. The smallest absolute Gasteiger partial charge is 0.342 e.